The van der Waals surface area contributed by atoms with Crippen LogP contribution in [0.1, 0.15) is 0 Å². The molecule has 1 aliphatic heterocycles. The molecule has 1 aromatic rings. The smallest absolute Gasteiger partial charge is 0.345 e. The molecule has 1 unspecified atom stereocenters. The maximum absolute atomic E-state index is 11.3. The predicted molar refractivity (Wildman–Crippen MR) is 62.0 cm³/mol. The van der Waals surface area contributed by atoms with Crippen molar-refractivity contribution in [1.29, 1.82) is 0 Å². The van der Waals surface area contributed by atoms with E-state index in [1.54, 1.807) is 4.90 Å². The highest BCUT2D eigenvalue weighted by atomic mass is 32.1. The van der Waals surface area contributed by atoms with E-state index in [9.17, 15) is 14.9 Å². The van der Waals surface area contributed by atoms with Crippen molar-refractivity contribution < 1.29 is 9.72 Å². The van der Waals surface area contributed by atoms with Gasteiger partial charge in [-0.25, -0.2) is 4.98 Å². The van der Waals surface area contributed by atoms with Crippen LogP contribution in [0.15, 0.2) is 6.20 Å². The zero-order valence-electron chi connectivity index (χ0n) is 8.83. The number of nitrogens with one attached hydrogen (secondary N) is 1. The van der Waals surface area contributed by atoms with Crippen molar-refractivity contribution in [3.8, 4) is 0 Å². The monoisotopic (exact) mass is 257 g/mol. The maximum atomic E-state index is 11.3. The van der Waals surface area contributed by atoms with E-state index in [0.717, 1.165) is 11.3 Å². The van der Waals surface area contributed by atoms with Gasteiger partial charge in [0.2, 0.25) is 5.91 Å². The summed E-state index contributed by atoms with van der Waals surface area (Å²) < 4.78 is 0. The molecule has 1 amide bonds. The number of carbonyl (C=O) groups excluding carboxylic acids is 1. The molecule has 1 saturated heterocycles. The van der Waals surface area contributed by atoms with Crippen LogP contribution in [-0.2, 0) is 4.79 Å². The Morgan fingerprint density at radius 1 is 1.76 bits per heavy atom. The lowest BCUT2D eigenvalue weighted by Crippen LogP contribution is -2.57. The number of aromatic nitrogens is 1. The Balaban J connectivity index is 2.23. The van der Waals surface area contributed by atoms with Crippen LogP contribution in [0.4, 0.5) is 10.1 Å². The molecule has 0 bridgehead atoms. The summed E-state index contributed by atoms with van der Waals surface area (Å²) in [7, 11) is 0. The molecule has 2 heterocycles. The van der Waals surface area contributed by atoms with Crippen LogP contribution in [0.25, 0.3) is 0 Å². The number of thiazole rings is 1. The second kappa shape index (κ2) is 4.63. The van der Waals surface area contributed by atoms with E-state index in [2.05, 4.69) is 10.3 Å². The molecular formula is C8H11N5O3S. The summed E-state index contributed by atoms with van der Waals surface area (Å²) in [6.07, 6.45) is 1.19. The van der Waals surface area contributed by atoms with E-state index in [4.69, 9.17) is 5.73 Å². The number of hydrogen-bond donors (Lipinski definition) is 2. The third-order valence-corrected chi connectivity index (χ3v) is 3.46. The van der Waals surface area contributed by atoms with Gasteiger partial charge in [0.05, 0.1) is 4.92 Å². The quantitative estimate of drug-likeness (QED) is 0.547. The number of nitrogens with zero attached hydrogens (tertiary/aromatic N) is 3. The number of rotatable bonds is 3. The summed E-state index contributed by atoms with van der Waals surface area (Å²) in [6.45, 7) is 1.68. The number of anilines is 1. The van der Waals surface area contributed by atoms with Gasteiger partial charge in [0.15, 0.2) is 5.13 Å². The summed E-state index contributed by atoms with van der Waals surface area (Å²) in [5.41, 5.74) is 5.28. The molecule has 2 rings (SSSR count). The lowest BCUT2D eigenvalue weighted by Gasteiger charge is -2.33. The lowest BCUT2D eigenvalue weighted by atomic mass is 10.2. The molecule has 8 nitrogen and oxygen atoms in total. The lowest BCUT2D eigenvalue weighted by molar-refractivity contribution is -0.380. The average molecular weight is 257 g/mol. The number of primary amides is 1. The Labute approximate surface area is 101 Å². The number of amides is 1. The van der Waals surface area contributed by atoms with E-state index in [-0.39, 0.29) is 5.00 Å². The molecule has 0 radical (unpaired) electrons. The van der Waals surface area contributed by atoms with Crippen molar-refractivity contribution >= 4 is 27.4 Å². The average Bonchev–Trinajstić information content (AvgIpc) is 2.78. The van der Waals surface area contributed by atoms with Crippen LogP contribution < -0.4 is 16.0 Å². The molecule has 0 aromatic carbocycles. The molecule has 0 aliphatic carbocycles. The van der Waals surface area contributed by atoms with Gasteiger partial charge in [-0.2, -0.15) is 0 Å². The first-order valence-electron chi connectivity index (χ1n) is 4.96. The van der Waals surface area contributed by atoms with Gasteiger partial charge in [-0.1, -0.05) is 0 Å². The molecule has 17 heavy (non-hydrogen) atoms. The van der Waals surface area contributed by atoms with Gasteiger partial charge < -0.3 is 16.0 Å². The molecule has 1 aromatic heterocycles. The number of piperazine rings is 1. The highest BCUT2D eigenvalue weighted by molar-refractivity contribution is 7.18. The predicted octanol–water partition coefficient (Wildman–Crippen LogP) is -0.685. The fraction of sp³-hybridized carbons (Fsp3) is 0.500. The van der Waals surface area contributed by atoms with Crippen molar-refractivity contribution in [3.05, 3.63) is 16.3 Å². The molecule has 92 valence electrons. The van der Waals surface area contributed by atoms with Gasteiger partial charge in [-0.05, 0) is 11.3 Å². The first kappa shape index (κ1) is 11.7. The van der Waals surface area contributed by atoms with Crippen molar-refractivity contribution in [3.63, 3.8) is 0 Å². The van der Waals surface area contributed by atoms with Crippen LogP contribution in [0.5, 0.6) is 0 Å². The zero-order chi connectivity index (χ0) is 12.4. The molecule has 1 atom stereocenters. The van der Waals surface area contributed by atoms with Crippen LogP contribution in [0.3, 0.4) is 0 Å². The Hall–Kier alpha value is -1.74. The number of nitro groups is 1. The second-order valence-corrected chi connectivity index (χ2v) is 4.54. The van der Waals surface area contributed by atoms with Gasteiger partial charge in [-0.15, -0.1) is 0 Å². The van der Waals surface area contributed by atoms with Crippen LogP contribution >= 0.6 is 11.3 Å². The highest BCUT2D eigenvalue weighted by Gasteiger charge is 2.29. The summed E-state index contributed by atoms with van der Waals surface area (Å²) in [6, 6.07) is -0.505. The molecule has 1 fully saturated rings. The number of carbonyl (C=O) groups is 1. The fourth-order valence-corrected chi connectivity index (χ4v) is 2.47. The minimum Gasteiger partial charge on any atom is -0.368 e. The number of hydrogen-bond acceptors (Lipinski definition) is 7. The van der Waals surface area contributed by atoms with Gasteiger partial charge >= 0.3 is 5.00 Å². The summed E-state index contributed by atoms with van der Waals surface area (Å²) in [5.74, 6) is -0.463. The van der Waals surface area contributed by atoms with Crippen LogP contribution in [-0.4, -0.2) is 41.5 Å². The van der Waals surface area contributed by atoms with Gasteiger partial charge in [-0.3, -0.25) is 14.9 Å². The van der Waals surface area contributed by atoms with Crippen molar-refractivity contribution in [2.45, 2.75) is 6.04 Å². The largest absolute Gasteiger partial charge is 0.368 e. The first-order chi connectivity index (χ1) is 8.09. The summed E-state index contributed by atoms with van der Waals surface area (Å²) in [4.78, 5) is 27.0. The van der Waals surface area contributed by atoms with Crippen molar-refractivity contribution in [2.75, 3.05) is 24.5 Å². The topological polar surface area (TPSA) is 114 Å². The third-order valence-electron chi connectivity index (χ3n) is 2.48. The highest BCUT2D eigenvalue weighted by Crippen LogP contribution is 2.29. The molecule has 3 N–H and O–H groups in total. The van der Waals surface area contributed by atoms with Crippen molar-refractivity contribution in [2.24, 2.45) is 5.73 Å². The SMILES string of the molecule is NC(=O)C1CNCCN1c1ncc([N+](=O)[O-])s1. The third kappa shape index (κ3) is 2.34. The van der Waals surface area contributed by atoms with E-state index in [1.165, 1.54) is 6.20 Å². The normalized spacial score (nSPS) is 20.2. The van der Waals surface area contributed by atoms with Gasteiger partial charge in [0.25, 0.3) is 0 Å². The second-order valence-electron chi connectivity index (χ2n) is 3.55. The Morgan fingerprint density at radius 2 is 2.53 bits per heavy atom. The standard InChI is InChI=1S/C8H11N5O3S/c9-7(14)5-3-10-1-2-12(5)8-11-4-6(17-8)13(15)16/h4-5,10H,1-3H2,(H2,9,14). The Morgan fingerprint density at radius 3 is 3.12 bits per heavy atom. The van der Waals surface area contributed by atoms with E-state index in [0.29, 0.717) is 24.8 Å². The molecule has 0 saturated carbocycles. The van der Waals surface area contributed by atoms with Gasteiger partial charge in [0, 0.05) is 19.6 Å². The minimum absolute atomic E-state index is 0.0400. The van der Waals surface area contributed by atoms with Gasteiger partial charge in [0.1, 0.15) is 12.2 Å². The first-order valence-corrected chi connectivity index (χ1v) is 5.78. The van der Waals surface area contributed by atoms with Crippen LogP contribution in [0, 0.1) is 10.1 Å². The Kier molecular flexibility index (Phi) is 3.20. The van der Waals surface area contributed by atoms with E-state index < -0.39 is 16.9 Å². The molecule has 0 spiro atoms. The molecule has 1 aliphatic rings. The molecular weight excluding hydrogens is 246 g/mol. The summed E-state index contributed by atoms with van der Waals surface area (Å²) in [5, 5.41) is 14.0. The number of nitrogens with two attached hydrogens (primary N) is 1. The van der Waals surface area contributed by atoms with E-state index >= 15 is 0 Å². The molecule has 9 heteroatoms. The minimum atomic E-state index is -0.505. The van der Waals surface area contributed by atoms with E-state index in [1.807, 2.05) is 0 Å². The zero-order valence-corrected chi connectivity index (χ0v) is 9.64. The van der Waals surface area contributed by atoms with Crippen molar-refractivity contribution in [1.82, 2.24) is 10.3 Å². The van der Waals surface area contributed by atoms with Crippen LogP contribution in [0.2, 0.25) is 0 Å². The maximum Gasteiger partial charge on any atom is 0.345 e. The Bertz CT molecular complexity index is 448. The summed E-state index contributed by atoms with van der Waals surface area (Å²) >= 11 is 0.949. The fourth-order valence-electron chi connectivity index (χ4n) is 1.66.